The summed E-state index contributed by atoms with van der Waals surface area (Å²) in [6.07, 6.45) is 4.49. The highest BCUT2D eigenvalue weighted by Gasteiger charge is 2.20. The topological polar surface area (TPSA) is 61.5 Å². The first kappa shape index (κ1) is 12.9. The lowest BCUT2D eigenvalue weighted by atomic mass is 10.1. The fourth-order valence-corrected chi connectivity index (χ4v) is 2.17. The normalized spacial score (nSPS) is 23.2. The first-order valence-electron chi connectivity index (χ1n) is 6.14. The van der Waals surface area contributed by atoms with Gasteiger partial charge in [0.1, 0.15) is 0 Å². The molecule has 15 heavy (non-hydrogen) atoms. The minimum absolute atomic E-state index is 0.297. The highest BCUT2D eigenvalue weighted by atomic mass is 16.3. The molecule has 4 heteroatoms. The van der Waals surface area contributed by atoms with Crippen LogP contribution in [-0.4, -0.2) is 55.4 Å². The van der Waals surface area contributed by atoms with Gasteiger partial charge in [0.15, 0.2) is 0 Å². The largest absolute Gasteiger partial charge is 0.396 e. The first-order valence-corrected chi connectivity index (χ1v) is 6.14. The summed E-state index contributed by atoms with van der Waals surface area (Å²) in [6.45, 7) is 5.49. The van der Waals surface area contributed by atoms with E-state index in [9.17, 15) is 0 Å². The van der Waals surface area contributed by atoms with Gasteiger partial charge in [-0.2, -0.15) is 0 Å². The summed E-state index contributed by atoms with van der Waals surface area (Å²) in [7, 11) is 0. The SMILES string of the molecule is NCCCCCN1CCNCC1CCO. The Morgan fingerprint density at radius 2 is 2.20 bits per heavy atom. The number of piperazine rings is 1. The molecule has 4 nitrogen and oxygen atoms in total. The predicted octanol–water partition coefficient (Wildman–Crippen LogP) is -0.228. The smallest absolute Gasteiger partial charge is 0.0446 e. The van der Waals surface area contributed by atoms with Crippen LogP contribution in [0.3, 0.4) is 0 Å². The Morgan fingerprint density at radius 1 is 1.33 bits per heavy atom. The van der Waals surface area contributed by atoms with Gasteiger partial charge in [-0.25, -0.2) is 0 Å². The molecule has 0 saturated carbocycles. The van der Waals surface area contributed by atoms with Crippen LogP contribution >= 0.6 is 0 Å². The van der Waals surface area contributed by atoms with Gasteiger partial charge in [-0.1, -0.05) is 6.42 Å². The minimum Gasteiger partial charge on any atom is -0.396 e. The van der Waals surface area contributed by atoms with Crippen molar-refractivity contribution >= 4 is 0 Å². The maximum absolute atomic E-state index is 8.97. The van der Waals surface area contributed by atoms with E-state index in [0.29, 0.717) is 12.6 Å². The second-order valence-corrected chi connectivity index (χ2v) is 4.26. The Labute approximate surface area is 92.8 Å². The quantitative estimate of drug-likeness (QED) is 0.514. The lowest BCUT2D eigenvalue weighted by Crippen LogP contribution is -2.51. The van der Waals surface area contributed by atoms with Crippen molar-refractivity contribution in [2.45, 2.75) is 31.7 Å². The molecule has 0 aromatic heterocycles. The number of rotatable bonds is 7. The van der Waals surface area contributed by atoms with Crippen LogP contribution in [0.2, 0.25) is 0 Å². The van der Waals surface area contributed by atoms with E-state index in [1.165, 1.54) is 12.8 Å². The van der Waals surface area contributed by atoms with Crippen LogP contribution in [0.25, 0.3) is 0 Å². The van der Waals surface area contributed by atoms with Gasteiger partial charge in [0.25, 0.3) is 0 Å². The van der Waals surface area contributed by atoms with Gasteiger partial charge in [0.05, 0.1) is 0 Å². The lowest BCUT2D eigenvalue weighted by Gasteiger charge is -2.36. The first-order chi connectivity index (χ1) is 7.38. The fourth-order valence-electron chi connectivity index (χ4n) is 2.17. The Balaban J connectivity index is 2.17. The molecule has 0 radical (unpaired) electrons. The molecule has 0 aromatic carbocycles. The summed E-state index contributed by atoms with van der Waals surface area (Å²) in [5, 5.41) is 12.4. The molecule has 0 amide bonds. The second-order valence-electron chi connectivity index (χ2n) is 4.26. The number of hydrogen-bond acceptors (Lipinski definition) is 4. The second kappa shape index (κ2) is 8.05. The van der Waals surface area contributed by atoms with Crippen LogP contribution in [0.15, 0.2) is 0 Å². The summed E-state index contributed by atoms with van der Waals surface area (Å²) >= 11 is 0. The molecular weight excluding hydrogens is 190 g/mol. The van der Waals surface area contributed by atoms with Gasteiger partial charge < -0.3 is 16.2 Å². The number of unbranched alkanes of at least 4 members (excludes halogenated alkanes) is 2. The Bertz CT molecular complexity index is 153. The summed E-state index contributed by atoms with van der Waals surface area (Å²) in [4.78, 5) is 2.50. The van der Waals surface area contributed by atoms with Crippen molar-refractivity contribution in [3.8, 4) is 0 Å². The van der Waals surface area contributed by atoms with Crippen molar-refractivity contribution in [3.63, 3.8) is 0 Å². The Hall–Kier alpha value is -0.160. The molecule has 90 valence electrons. The lowest BCUT2D eigenvalue weighted by molar-refractivity contribution is 0.128. The van der Waals surface area contributed by atoms with Crippen molar-refractivity contribution in [2.24, 2.45) is 5.73 Å². The predicted molar refractivity (Wildman–Crippen MR) is 62.8 cm³/mol. The van der Waals surface area contributed by atoms with Crippen molar-refractivity contribution < 1.29 is 5.11 Å². The van der Waals surface area contributed by atoms with Crippen molar-refractivity contribution in [3.05, 3.63) is 0 Å². The van der Waals surface area contributed by atoms with Gasteiger partial charge in [0, 0.05) is 32.3 Å². The van der Waals surface area contributed by atoms with Crippen LogP contribution in [0, 0.1) is 0 Å². The molecule has 1 fully saturated rings. The molecule has 1 atom stereocenters. The van der Waals surface area contributed by atoms with E-state index in [1.54, 1.807) is 0 Å². The number of nitrogens with two attached hydrogens (primary N) is 1. The van der Waals surface area contributed by atoms with E-state index in [2.05, 4.69) is 10.2 Å². The molecule has 1 rings (SSSR count). The number of aliphatic hydroxyl groups excluding tert-OH is 1. The van der Waals surface area contributed by atoms with E-state index < -0.39 is 0 Å². The summed E-state index contributed by atoms with van der Waals surface area (Å²) in [5.74, 6) is 0. The van der Waals surface area contributed by atoms with Crippen LogP contribution in [0.4, 0.5) is 0 Å². The fraction of sp³-hybridized carbons (Fsp3) is 1.00. The minimum atomic E-state index is 0.297. The van der Waals surface area contributed by atoms with E-state index >= 15 is 0 Å². The maximum atomic E-state index is 8.97. The average molecular weight is 215 g/mol. The molecular formula is C11H25N3O. The monoisotopic (exact) mass is 215 g/mol. The zero-order chi connectivity index (χ0) is 10.9. The third-order valence-electron chi connectivity index (χ3n) is 3.08. The average Bonchev–Trinajstić information content (AvgIpc) is 2.27. The van der Waals surface area contributed by atoms with Gasteiger partial charge in [-0.15, -0.1) is 0 Å². The van der Waals surface area contributed by atoms with E-state index in [4.69, 9.17) is 10.8 Å². The number of nitrogens with one attached hydrogen (secondary N) is 1. The third kappa shape index (κ3) is 4.93. The molecule has 0 bridgehead atoms. The molecule has 0 aliphatic carbocycles. The van der Waals surface area contributed by atoms with Gasteiger partial charge >= 0.3 is 0 Å². The van der Waals surface area contributed by atoms with Crippen molar-refractivity contribution in [1.82, 2.24) is 10.2 Å². The molecule has 1 heterocycles. The summed E-state index contributed by atoms with van der Waals surface area (Å²) < 4.78 is 0. The molecule has 1 unspecified atom stereocenters. The van der Waals surface area contributed by atoms with Gasteiger partial charge in [-0.3, -0.25) is 4.90 Å². The van der Waals surface area contributed by atoms with Crippen LogP contribution in [0.5, 0.6) is 0 Å². The van der Waals surface area contributed by atoms with Crippen LogP contribution < -0.4 is 11.1 Å². The van der Waals surface area contributed by atoms with E-state index in [-0.39, 0.29) is 0 Å². The van der Waals surface area contributed by atoms with Crippen LogP contribution in [-0.2, 0) is 0 Å². The molecule has 4 N–H and O–H groups in total. The van der Waals surface area contributed by atoms with Crippen molar-refractivity contribution in [1.29, 1.82) is 0 Å². The van der Waals surface area contributed by atoms with Gasteiger partial charge in [0.2, 0.25) is 0 Å². The van der Waals surface area contributed by atoms with E-state index in [1.807, 2.05) is 0 Å². The number of hydrogen-bond donors (Lipinski definition) is 3. The Morgan fingerprint density at radius 3 is 2.93 bits per heavy atom. The summed E-state index contributed by atoms with van der Waals surface area (Å²) in [5.41, 5.74) is 5.47. The van der Waals surface area contributed by atoms with Crippen LogP contribution in [0.1, 0.15) is 25.7 Å². The highest BCUT2D eigenvalue weighted by molar-refractivity contribution is 4.79. The van der Waals surface area contributed by atoms with Crippen molar-refractivity contribution in [2.75, 3.05) is 39.3 Å². The number of nitrogens with zero attached hydrogens (tertiary/aromatic N) is 1. The third-order valence-corrected chi connectivity index (χ3v) is 3.08. The molecule has 0 aromatic rings. The zero-order valence-electron chi connectivity index (χ0n) is 9.62. The molecule has 1 aliphatic heterocycles. The number of aliphatic hydroxyl groups is 1. The maximum Gasteiger partial charge on any atom is 0.0446 e. The van der Waals surface area contributed by atoms with Gasteiger partial charge in [-0.05, 0) is 32.4 Å². The molecule has 1 aliphatic rings. The van der Waals surface area contributed by atoms with E-state index in [0.717, 1.165) is 45.6 Å². The zero-order valence-corrected chi connectivity index (χ0v) is 9.62. The standard InChI is InChI=1S/C11H25N3O/c12-5-2-1-3-7-14-8-6-13-10-11(14)4-9-15/h11,13,15H,1-10,12H2. The molecule has 0 spiro atoms. The molecule has 1 saturated heterocycles. The highest BCUT2D eigenvalue weighted by Crippen LogP contribution is 2.08. The Kier molecular flexibility index (Phi) is 6.92. The summed E-state index contributed by atoms with van der Waals surface area (Å²) in [6, 6.07) is 0.529.